The van der Waals surface area contributed by atoms with Crippen molar-refractivity contribution in [1.29, 1.82) is 0 Å². The summed E-state index contributed by atoms with van der Waals surface area (Å²) in [7, 11) is 0. The quantitative estimate of drug-likeness (QED) is 0.469. The molecule has 0 aromatic heterocycles. The first-order valence-corrected chi connectivity index (χ1v) is 4.24. The predicted octanol–water partition coefficient (Wildman–Crippen LogP) is 0.433. The molecule has 0 unspecified atom stereocenters. The number of unbranched alkanes of at least 4 members (excludes halogenated alkanes) is 1. The second-order valence-electron chi connectivity index (χ2n) is 3.16. The Labute approximate surface area is 68.8 Å². The molecule has 1 rings (SSSR count). The number of likely N-dealkylation sites (tertiary alicyclic amines) is 1. The third-order valence-electron chi connectivity index (χ3n) is 2.10. The molecule has 1 aliphatic rings. The van der Waals surface area contributed by atoms with E-state index in [2.05, 4.69) is 10.8 Å². The lowest BCUT2D eigenvalue weighted by atomic mass is 10.3. The Bertz CT molecular complexity index is 148. The summed E-state index contributed by atoms with van der Waals surface area (Å²) in [5.41, 5.74) is 5.75. The molecular weight excluding hydrogens is 136 g/mol. The topological polar surface area (TPSA) is 29.3 Å². The summed E-state index contributed by atoms with van der Waals surface area (Å²) in [6.45, 7) is 3.34. The Balaban J connectivity index is 2.05. The molecule has 11 heavy (non-hydrogen) atoms. The highest BCUT2D eigenvalue weighted by Gasteiger charge is 2.17. The van der Waals surface area contributed by atoms with Gasteiger partial charge in [0, 0.05) is 19.0 Å². The fraction of sp³-hybridized carbons (Fsp3) is 0.778. The molecule has 0 aromatic carbocycles. The number of nitrogens with zero attached hydrogens (tertiary/aromatic N) is 1. The van der Waals surface area contributed by atoms with Gasteiger partial charge in [0.25, 0.3) is 0 Å². The van der Waals surface area contributed by atoms with Crippen LogP contribution in [-0.4, -0.2) is 30.6 Å². The van der Waals surface area contributed by atoms with Crippen molar-refractivity contribution in [1.82, 2.24) is 4.90 Å². The zero-order valence-electron chi connectivity index (χ0n) is 6.92. The van der Waals surface area contributed by atoms with Gasteiger partial charge in [0.2, 0.25) is 0 Å². The molecule has 1 saturated heterocycles. The molecule has 1 fully saturated rings. The van der Waals surface area contributed by atoms with Gasteiger partial charge in [-0.3, -0.25) is 0 Å². The zero-order valence-corrected chi connectivity index (χ0v) is 6.92. The lowest BCUT2D eigenvalue weighted by molar-refractivity contribution is 0.331. The molecular formula is C9H16N2. The van der Waals surface area contributed by atoms with Crippen LogP contribution in [0.3, 0.4) is 0 Å². The Morgan fingerprint density at radius 3 is 3.00 bits per heavy atom. The third-order valence-corrected chi connectivity index (χ3v) is 2.10. The molecule has 0 aliphatic carbocycles. The molecule has 0 radical (unpaired) electrons. The minimum Gasteiger partial charge on any atom is -0.326 e. The number of rotatable bonds is 3. The molecule has 1 atom stereocenters. The summed E-state index contributed by atoms with van der Waals surface area (Å²) in [6.07, 6.45) is 8.31. The standard InChI is InChI=1S/C9H16N2/c1-2-3-4-6-11-7-5-9(10)8-11/h1,9H,3-8,10H2/t9-/m1/s1. The van der Waals surface area contributed by atoms with Crippen LogP contribution < -0.4 is 5.73 Å². The van der Waals surface area contributed by atoms with Crippen LogP contribution >= 0.6 is 0 Å². The largest absolute Gasteiger partial charge is 0.326 e. The minimum absolute atomic E-state index is 0.404. The Kier molecular flexibility index (Phi) is 3.41. The van der Waals surface area contributed by atoms with Gasteiger partial charge in [-0.05, 0) is 25.9 Å². The lowest BCUT2D eigenvalue weighted by Gasteiger charge is -2.13. The van der Waals surface area contributed by atoms with Gasteiger partial charge >= 0.3 is 0 Å². The summed E-state index contributed by atoms with van der Waals surface area (Å²) in [6, 6.07) is 0.404. The highest BCUT2D eigenvalue weighted by Crippen LogP contribution is 2.07. The van der Waals surface area contributed by atoms with Gasteiger partial charge in [-0.25, -0.2) is 0 Å². The van der Waals surface area contributed by atoms with Crippen LogP contribution in [0.1, 0.15) is 19.3 Å². The lowest BCUT2D eigenvalue weighted by Crippen LogP contribution is -2.27. The molecule has 2 heteroatoms. The van der Waals surface area contributed by atoms with E-state index in [1.807, 2.05) is 0 Å². The highest BCUT2D eigenvalue weighted by atomic mass is 15.2. The molecule has 1 heterocycles. The fourth-order valence-corrected chi connectivity index (χ4v) is 1.47. The van der Waals surface area contributed by atoms with Crippen LogP contribution in [0, 0.1) is 12.3 Å². The van der Waals surface area contributed by atoms with Crippen molar-refractivity contribution in [3.05, 3.63) is 0 Å². The monoisotopic (exact) mass is 152 g/mol. The van der Waals surface area contributed by atoms with Gasteiger partial charge in [-0.2, -0.15) is 0 Å². The molecule has 0 spiro atoms. The normalized spacial score (nSPS) is 25.3. The van der Waals surface area contributed by atoms with E-state index >= 15 is 0 Å². The van der Waals surface area contributed by atoms with E-state index in [-0.39, 0.29) is 0 Å². The molecule has 2 nitrogen and oxygen atoms in total. The first-order valence-electron chi connectivity index (χ1n) is 4.24. The molecule has 0 aromatic rings. The fourth-order valence-electron chi connectivity index (χ4n) is 1.47. The number of hydrogen-bond donors (Lipinski definition) is 1. The van der Waals surface area contributed by atoms with Gasteiger partial charge < -0.3 is 10.6 Å². The van der Waals surface area contributed by atoms with Gasteiger partial charge in [-0.1, -0.05) is 0 Å². The zero-order chi connectivity index (χ0) is 8.10. The maximum Gasteiger partial charge on any atom is 0.0180 e. The van der Waals surface area contributed by atoms with Crippen LogP contribution in [0.15, 0.2) is 0 Å². The van der Waals surface area contributed by atoms with Crippen molar-refractivity contribution in [3.8, 4) is 12.3 Å². The van der Waals surface area contributed by atoms with E-state index in [1.165, 1.54) is 0 Å². The van der Waals surface area contributed by atoms with Gasteiger partial charge in [0.05, 0.1) is 0 Å². The Morgan fingerprint density at radius 2 is 2.45 bits per heavy atom. The van der Waals surface area contributed by atoms with Crippen molar-refractivity contribution < 1.29 is 0 Å². The van der Waals surface area contributed by atoms with E-state index in [4.69, 9.17) is 12.2 Å². The van der Waals surface area contributed by atoms with E-state index < -0.39 is 0 Å². The minimum atomic E-state index is 0.404. The SMILES string of the molecule is C#CCCCN1CC[C@@H](N)C1. The first-order chi connectivity index (χ1) is 5.33. The summed E-state index contributed by atoms with van der Waals surface area (Å²) >= 11 is 0. The van der Waals surface area contributed by atoms with E-state index in [0.29, 0.717) is 6.04 Å². The molecule has 0 saturated carbocycles. The van der Waals surface area contributed by atoms with Crippen molar-refractivity contribution in [2.75, 3.05) is 19.6 Å². The summed E-state index contributed by atoms with van der Waals surface area (Å²) in [5.74, 6) is 2.64. The van der Waals surface area contributed by atoms with Crippen LogP contribution in [0.25, 0.3) is 0 Å². The van der Waals surface area contributed by atoms with E-state index in [1.54, 1.807) is 0 Å². The van der Waals surface area contributed by atoms with Crippen LogP contribution in [-0.2, 0) is 0 Å². The average Bonchev–Trinajstić information content (AvgIpc) is 2.37. The Morgan fingerprint density at radius 1 is 1.64 bits per heavy atom. The van der Waals surface area contributed by atoms with Crippen molar-refractivity contribution in [2.45, 2.75) is 25.3 Å². The van der Waals surface area contributed by atoms with Gasteiger partial charge in [0.1, 0.15) is 0 Å². The van der Waals surface area contributed by atoms with Crippen molar-refractivity contribution in [2.24, 2.45) is 5.73 Å². The van der Waals surface area contributed by atoms with Crippen molar-refractivity contribution in [3.63, 3.8) is 0 Å². The van der Waals surface area contributed by atoms with Crippen molar-refractivity contribution >= 4 is 0 Å². The molecule has 1 aliphatic heterocycles. The second kappa shape index (κ2) is 4.38. The maximum atomic E-state index is 5.75. The van der Waals surface area contributed by atoms with E-state index in [0.717, 1.165) is 38.9 Å². The number of terminal acetylenes is 1. The van der Waals surface area contributed by atoms with E-state index in [9.17, 15) is 0 Å². The maximum absolute atomic E-state index is 5.75. The smallest absolute Gasteiger partial charge is 0.0180 e. The van der Waals surface area contributed by atoms with Crippen LogP contribution in [0.4, 0.5) is 0 Å². The highest BCUT2D eigenvalue weighted by molar-refractivity contribution is 4.84. The third kappa shape index (κ3) is 2.92. The van der Waals surface area contributed by atoms with Gasteiger partial charge in [-0.15, -0.1) is 12.3 Å². The summed E-state index contributed by atoms with van der Waals surface area (Å²) in [4.78, 5) is 2.39. The Hall–Kier alpha value is -0.520. The second-order valence-corrected chi connectivity index (χ2v) is 3.16. The van der Waals surface area contributed by atoms with Crippen LogP contribution in [0.2, 0.25) is 0 Å². The molecule has 62 valence electrons. The molecule has 0 amide bonds. The summed E-state index contributed by atoms with van der Waals surface area (Å²) < 4.78 is 0. The average molecular weight is 152 g/mol. The molecule has 0 bridgehead atoms. The molecule has 2 N–H and O–H groups in total. The number of nitrogens with two attached hydrogens (primary N) is 1. The number of hydrogen-bond acceptors (Lipinski definition) is 2. The predicted molar refractivity (Wildman–Crippen MR) is 47.1 cm³/mol. The van der Waals surface area contributed by atoms with Gasteiger partial charge in [0.15, 0.2) is 0 Å². The first kappa shape index (κ1) is 8.58. The van der Waals surface area contributed by atoms with Crippen LogP contribution in [0.5, 0.6) is 0 Å². The summed E-state index contributed by atoms with van der Waals surface area (Å²) in [5, 5.41) is 0.